The molecule has 0 aromatic heterocycles. The Balaban J connectivity index is 3.03. The Morgan fingerprint density at radius 3 is 2.50 bits per heavy atom. The van der Waals surface area contributed by atoms with Gasteiger partial charge in [-0.15, -0.1) is 6.58 Å². The predicted molar refractivity (Wildman–Crippen MR) is 100 cm³/mol. The van der Waals surface area contributed by atoms with E-state index in [1.807, 2.05) is 24.6 Å². The third-order valence-corrected chi connectivity index (χ3v) is 5.66. The molecule has 0 spiro atoms. The smallest absolute Gasteiger partial charge is 0.301 e. The first-order chi connectivity index (χ1) is 12.1. The first-order valence-corrected chi connectivity index (χ1v) is 9.98. The van der Waals surface area contributed by atoms with Gasteiger partial charge in [-0.1, -0.05) is 31.5 Å². The van der Waals surface area contributed by atoms with Crippen molar-refractivity contribution in [2.45, 2.75) is 33.1 Å². The fraction of sp³-hybridized carbons (Fsp3) is 0.471. The summed E-state index contributed by atoms with van der Waals surface area (Å²) in [5.41, 5.74) is -0.636. The van der Waals surface area contributed by atoms with Crippen molar-refractivity contribution in [3.63, 3.8) is 0 Å². The molecule has 0 saturated heterocycles. The number of hydrogen-bond donors (Lipinski definition) is 2. The number of carbonyl (C=O) groups is 1. The fourth-order valence-electron chi connectivity index (χ4n) is 2.38. The number of allylic oxidation sites excluding steroid dienone is 1. The van der Waals surface area contributed by atoms with Crippen LogP contribution in [0.15, 0.2) is 24.8 Å². The van der Waals surface area contributed by atoms with Crippen molar-refractivity contribution in [1.29, 1.82) is 0 Å². The van der Waals surface area contributed by atoms with E-state index in [1.54, 1.807) is 4.72 Å². The summed E-state index contributed by atoms with van der Waals surface area (Å²) < 4.78 is 46.2. The second-order valence-electron chi connectivity index (χ2n) is 5.89. The molecule has 6 nitrogen and oxygen atoms in total. The van der Waals surface area contributed by atoms with Crippen LogP contribution in [0.3, 0.4) is 0 Å². The summed E-state index contributed by atoms with van der Waals surface area (Å²) in [7, 11) is -2.93. The highest BCUT2D eigenvalue weighted by atomic mass is 35.5. The van der Waals surface area contributed by atoms with Gasteiger partial charge in [-0.3, -0.25) is 4.79 Å². The lowest BCUT2D eigenvalue weighted by atomic mass is 9.80. The maximum Gasteiger partial charge on any atom is 0.301 e. The molecule has 0 atom stereocenters. The van der Waals surface area contributed by atoms with E-state index in [1.165, 1.54) is 0 Å². The van der Waals surface area contributed by atoms with Gasteiger partial charge in [0.25, 0.3) is 5.91 Å². The minimum Gasteiger partial charge on any atom is -0.491 e. The Labute approximate surface area is 158 Å². The quantitative estimate of drug-likeness (QED) is 0.583. The molecule has 0 radical (unpaired) electrons. The minimum absolute atomic E-state index is 0.0121. The molecule has 1 aromatic rings. The topological polar surface area (TPSA) is 84.5 Å². The molecule has 9 heteroatoms. The van der Waals surface area contributed by atoms with E-state index in [0.29, 0.717) is 6.61 Å². The van der Waals surface area contributed by atoms with Gasteiger partial charge in [0.15, 0.2) is 0 Å². The van der Waals surface area contributed by atoms with E-state index >= 15 is 0 Å². The summed E-state index contributed by atoms with van der Waals surface area (Å²) in [4.78, 5) is 11.9. The van der Waals surface area contributed by atoms with E-state index < -0.39 is 27.5 Å². The third-order valence-electron chi connectivity index (χ3n) is 4.37. The predicted octanol–water partition coefficient (Wildman–Crippen LogP) is 3.43. The van der Waals surface area contributed by atoms with Crippen molar-refractivity contribution >= 4 is 27.7 Å². The van der Waals surface area contributed by atoms with Crippen molar-refractivity contribution < 1.29 is 22.3 Å². The average molecular weight is 407 g/mol. The van der Waals surface area contributed by atoms with Gasteiger partial charge >= 0.3 is 10.2 Å². The van der Waals surface area contributed by atoms with Gasteiger partial charge in [0, 0.05) is 18.5 Å². The van der Waals surface area contributed by atoms with Gasteiger partial charge in [-0.25, -0.2) is 13.8 Å². The molecule has 0 aliphatic rings. The van der Waals surface area contributed by atoms with Crippen LogP contribution in [0.1, 0.15) is 43.5 Å². The normalized spacial score (nSPS) is 11.9. The minimum atomic E-state index is -4.05. The molecule has 0 heterocycles. The van der Waals surface area contributed by atoms with Gasteiger partial charge in [0.1, 0.15) is 11.6 Å². The molecule has 0 bridgehead atoms. The van der Waals surface area contributed by atoms with Gasteiger partial charge in [0.05, 0.1) is 17.2 Å². The van der Waals surface area contributed by atoms with Gasteiger partial charge in [-0.05, 0) is 25.3 Å². The number of hydrogen-bond acceptors (Lipinski definition) is 4. The van der Waals surface area contributed by atoms with Crippen molar-refractivity contribution in [3.05, 3.63) is 41.2 Å². The van der Waals surface area contributed by atoms with E-state index in [9.17, 15) is 17.6 Å². The Morgan fingerprint density at radius 1 is 1.38 bits per heavy atom. The zero-order valence-corrected chi connectivity index (χ0v) is 16.6. The van der Waals surface area contributed by atoms with Crippen LogP contribution in [-0.2, 0) is 10.2 Å². The molecule has 2 N–H and O–H groups in total. The van der Waals surface area contributed by atoms with E-state index in [2.05, 4.69) is 6.58 Å². The lowest BCUT2D eigenvalue weighted by molar-refractivity contribution is 0.0976. The summed E-state index contributed by atoms with van der Waals surface area (Å²) in [6.45, 7) is 8.14. The number of benzene rings is 1. The van der Waals surface area contributed by atoms with E-state index in [4.69, 9.17) is 16.3 Å². The summed E-state index contributed by atoms with van der Waals surface area (Å²) in [5.74, 6) is -1.98. The number of carbonyl (C=O) groups excluding carboxylic acids is 1. The van der Waals surface area contributed by atoms with Crippen LogP contribution in [0.5, 0.6) is 5.75 Å². The molecule has 0 aliphatic carbocycles. The van der Waals surface area contributed by atoms with Crippen LogP contribution in [0.4, 0.5) is 4.39 Å². The molecule has 26 heavy (non-hydrogen) atoms. The Morgan fingerprint density at radius 2 is 2.00 bits per heavy atom. The van der Waals surface area contributed by atoms with Crippen molar-refractivity contribution in [2.24, 2.45) is 5.41 Å². The average Bonchev–Trinajstić information content (AvgIpc) is 2.60. The van der Waals surface area contributed by atoms with E-state index in [-0.39, 0.29) is 16.2 Å². The summed E-state index contributed by atoms with van der Waals surface area (Å²) in [5, 5.41) is 0.0121. The molecule has 1 aromatic carbocycles. The lowest BCUT2D eigenvalue weighted by Crippen LogP contribution is -2.38. The maximum absolute atomic E-state index is 14.3. The zero-order valence-electron chi connectivity index (χ0n) is 15.1. The Bertz CT molecular complexity index is 764. The first-order valence-electron chi connectivity index (χ1n) is 8.12. The Hall–Kier alpha value is -1.64. The van der Waals surface area contributed by atoms with Crippen molar-refractivity contribution in [1.82, 2.24) is 9.44 Å². The standard InChI is InChI=1S/C17H24ClFN2O4S/c1-5-8-17(6-2,7-3)11-25-15-10-14(19)12(9-13(15)18)16(22)21-26(23,24)20-4/h5,9-10,20H,1,6-8,11H2,2-4H3,(H,21,22). The van der Waals surface area contributed by atoms with Crippen LogP contribution in [-0.4, -0.2) is 28.0 Å². The number of rotatable bonds is 10. The second-order valence-corrected chi connectivity index (χ2v) is 7.92. The molecule has 0 aliphatic heterocycles. The zero-order chi connectivity index (χ0) is 20.0. The number of nitrogens with one attached hydrogen (secondary N) is 2. The van der Waals surface area contributed by atoms with Crippen LogP contribution < -0.4 is 14.2 Å². The number of amides is 1. The molecule has 0 saturated carbocycles. The Kier molecular flexibility index (Phi) is 8.05. The highest BCUT2D eigenvalue weighted by Gasteiger charge is 2.27. The highest BCUT2D eigenvalue weighted by Crippen LogP contribution is 2.34. The third kappa shape index (κ3) is 5.69. The summed E-state index contributed by atoms with van der Waals surface area (Å²) >= 11 is 6.09. The second kappa shape index (κ2) is 9.34. The van der Waals surface area contributed by atoms with Crippen LogP contribution in [0, 0.1) is 11.2 Å². The first kappa shape index (κ1) is 22.4. The lowest BCUT2D eigenvalue weighted by Gasteiger charge is -2.30. The van der Waals surface area contributed by atoms with Crippen LogP contribution in [0.2, 0.25) is 5.02 Å². The van der Waals surface area contributed by atoms with E-state index in [0.717, 1.165) is 38.4 Å². The highest BCUT2D eigenvalue weighted by molar-refractivity contribution is 7.88. The molecule has 1 amide bonds. The SMILES string of the molecule is C=CCC(CC)(CC)COc1cc(F)c(C(=O)NS(=O)(=O)NC)cc1Cl. The maximum atomic E-state index is 14.3. The number of ether oxygens (including phenoxy) is 1. The summed E-state index contributed by atoms with van der Waals surface area (Å²) in [6, 6.07) is 2.02. The molecular formula is C17H24ClFN2O4S. The van der Waals surface area contributed by atoms with Gasteiger partial charge < -0.3 is 4.74 Å². The number of halogens is 2. The molecule has 0 unspecified atom stereocenters. The van der Waals surface area contributed by atoms with Gasteiger partial charge in [0.2, 0.25) is 0 Å². The molecular weight excluding hydrogens is 383 g/mol. The van der Waals surface area contributed by atoms with Crippen molar-refractivity contribution in [3.8, 4) is 5.75 Å². The molecule has 0 fully saturated rings. The van der Waals surface area contributed by atoms with Gasteiger partial charge in [-0.2, -0.15) is 8.42 Å². The molecule has 146 valence electrons. The monoisotopic (exact) mass is 406 g/mol. The summed E-state index contributed by atoms with van der Waals surface area (Å²) in [6.07, 6.45) is 4.24. The van der Waals surface area contributed by atoms with Crippen molar-refractivity contribution in [2.75, 3.05) is 13.7 Å². The largest absolute Gasteiger partial charge is 0.491 e. The molecule has 1 rings (SSSR count). The van der Waals surface area contributed by atoms with Crippen LogP contribution in [0.25, 0.3) is 0 Å². The fourth-order valence-corrected chi connectivity index (χ4v) is 3.05. The van der Waals surface area contributed by atoms with Crippen LogP contribution >= 0.6 is 11.6 Å².